The molecule has 1 atom stereocenters. The molecular formula is C12H24N2O5S. The van der Waals surface area contributed by atoms with Crippen LogP contribution < -0.4 is 0 Å². The van der Waals surface area contributed by atoms with Crippen LogP contribution in [0.5, 0.6) is 0 Å². The lowest BCUT2D eigenvalue weighted by atomic mass is 9.93. The zero-order valence-electron chi connectivity index (χ0n) is 12.3. The number of piperidine rings is 1. The van der Waals surface area contributed by atoms with Crippen molar-refractivity contribution in [2.75, 3.05) is 33.8 Å². The second-order valence-electron chi connectivity index (χ2n) is 5.13. The van der Waals surface area contributed by atoms with Crippen LogP contribution in [0.25, 0.3) is 0 Å². The van der Waals surface area contributed by atoms with Crippen LogP contribution in [0.1, 0.15) is 26.2 Å². The average Bonchev–Trinajstić information content (AvgIpc) is 2.44. The van der Waals surface area contributed by atoms with E-state index in [-0.39, 0.29) is 18.9 Å². The van der Waals surface area contributed by atoms with Crippen molar-refractivity contribution >= 4 is 16.2 Å². The highest BCUT2D eigenvalue weighted by atomic mass is 32.2. The van der Waals surface area contributed by atoms with Crippen LogP contribution in [0.3, 0.4) is 0 Å². The lowest BCUT2D eigenvalue weighted by Gasteiger charge is -2.34. The predicted octanol–water partition coefficient (Wildman–Crippen LogP) is -0.181. The van der Waals surface area contributed by atoms with Gasteiger partial charge in [-0.2, -0.15) is 17.0 Å². The molecule has 1 aliphatic rings. The molecule has 0 radical (unpaired) electrons. The normalized spacial score (nSPS) is 20.1. The number of aliphatic hydroxyl groups excluding tert-OH is 1. The summed E-state index contributed by atoms with van der Waals surface area (Å²) in [6, 6.07) is 0. The minimum Gasteiger partial charge on any atom is -0.469 e. The summed E-state index contributed by atoms with van der Waals surface area (Å²) in [7, 11) is -0.805. The second kappa shape index (κ2) is 7.35. The van der Waals surface area contributed by atoms with Crippen molar-refractivity contribution < 1.29 is 23.1 Å². The zero-order chi connectivity index (χ0) is 15.3. The first-order valence-corrected chi connectivity index (χ1v) is 8.15. The van der Waals surface area contributed by atoms with E-state index in [1.807, 2.05) is 0 Å². The largest absolute Gasteiger partial charge is 0.469 e. The molecule has 1 rings (SSSR count). The Bertz CT molecular complexity index is 416. The van der Waals surface area contributed by atoms with Gasteiger partial charge in [0.2, 0.25) is 0 Å². The molecule has 0 aromatic heterocycles. The van der Waals surface area contributed by atoms with E-state index >= 15 is 0 Å². The van der Waals surface area contributed by atoms with Crippen LogP contribution in [-0.2, 0) is 19.7 Å². The fraction of sp³-hybridized carbons (Fsp3) is 0.917. The number of ether oxygens (including phenoxy) is 1. The highest BCUT2D eigenvalue weighted by molar-refractivity contribution is 7.86. The van der Waals surface area contributed by atoms with Crippen molar-refractivity contribution in [2.24, 2.45) is 5.92 Å². The van der Waals surface area contributed by atoms with Gasteiger partial charge in [-0.3, -0.25) is 4.79 Å². The predicted molar refractivity (Wildman–Crippen MR) is 74.2 cm³/mol. The molecule has 0 bridgehead atoms. The molecule has 0 aromatic carbocycles. The third-order valence-corrected chi connectivity index (χ3v) is 5.75. The van der Waals surface area contributed by atoms with Crippen molar-refractivity contribution in [2.45, 2.75) is 32.3 Å². The Morgan fingerprint density at radius 2 is 2.00 bits per heavy atom. The topological polar surface area (TPSA) is 87.2 Å². The lowest BCUT2D eigenvalue weighted by Crippen LogP contribution is -2.47. The van der Waals surface area contributed by atoms with E-state index in [0.717, 1.165) is 0 Å². The highest BCUT2D eigenvalue weighted by Gasteiger charge is 2.32. The molecule has 1 N–H and O–H groups in total. The van der Waals surface area contributed by atoms with Gasteiger partial charge in [0.25, 0.3) is 10.2 Å². The number of carbonyl (C=O) groups is 1. The van der Waals surface area contributed by atoms with Crippen LogP contribution in [0.4, 0.5) is 0 Å². The van der Waals surface area contributed by atoms with Crippen molar-refractivity contribution in [3.63, 3.8) is 0 Å². The summed E-state index contributed by atoms with van der Waals surface area (Å²) in [5.41, 5.74) is 0. The number of nitrogens with zero attached hydrogens (tertiary/aromatic N) is 2. The minimum atomic E-state index is -3.54. The van der Waals surface area contributed by atoms with Gasteiger partial charge in [-0.05, 0) is 25.7 Å². The molecule has 1 unspecified atom stereocenters. The molecular weight excluding hydrogens is 284 g/mol. The molecule has 8 heteroatoms. The van der Waals surface area contributed by atoms with Gasteiger partial charge < -0.3 is 9.84 Å². The summed E-state index contributed by atoms with van der Waals surface area (Å²) in [4.78, 5) is 11.1. The summed E-state index contributed by atoms with van der Waals surface area (Å²) >= 11 is 0. The summed E-state index contributed by atoms with van der Waals surface area (Å²) < 4.78 is 31.7. The Labute approximate surface area is 120 Å². The quantitative estimate of drug-likeness (QED) is 0.688. The molecule has 118 valence electrons. The van der Waals surface area contributed by atoms with Crippen molar-refractivity contribution in [1.82, 2.24) is 8.61 Å². The zero-order valence-corrected chi connectivity index (χ0v) is 13.1. The Kier molecular flexibility index (Phi) is 6.38. The van der Waals surface area contributed by atoms with E-state index in [0.29, 0.717) is 25.9 Å². The van der Waals surface area contributed by atoms with Gasteiger partial charge in [0.05, 0.1) is 19.6 Å². The van der Waals surface area contributed by atoms with E-state index in [4.69, 9.17) is 0 Å². The third-order valence-electron chi connectivity index (χ3n) is 3.76. The monoisotopic (exact) mass is 308 g/mol. The Balaban J connectivity index is 2.54. The van der Waals surface area contributed by atoms with Gasteiger partial charge in [-0.1, -0.05) is 0 Å². The molecule has 1 saturated heterocycles. The van der Waals surface area contributed by atoms with E-state index in [1.54, 1.807) is 6.92 Å². The first-order chi connectivity index (χ1) is 9.28. The van der Waals surface area contributed by atoms with Gasteiger partial charge >= 0.3 is 5.97 Å². The Morgan fingerprint density at radius 3 is 2.45 bits per heavy atom. The van der Waals surface area contributed by atoms with Gasteiger partial charge in [-0.25, -0.2) is 0 Å². The van der Waals surface area contributed by atoms with Gasteiger partial charge in [-0.15, -0.1) is 0 Å². The first-order valence-electron chi connectivity index (χ1n) is 6.75. The lowest BCUT2D eigenvalue weighted by molar-refractivity contribution is -0.140. The molecule has 20 heavy (non-hydrogen) atoms. The van der Waals surface area contributed by atoms with Crippen molar-refractivity contribution in [3.8, 4) is 0 Å². The standard InChI is InChI=1S/C12H24N2O5S/c1-10(15)11-4-8-14(9-5-11)20(17,18)13(2)7-6-12(16)19-3/h10-11,15H,4-9H2,1-3H3. The first kappa shape index (κ1) is 17.4. The summed E-state index contributed by atoms with van der Waals surface area (Å²) in [5, 5.41) is 9.52. The van der Waals surface area contributed by atoms with E-state index in [9.17, 15) is 18.3 Å². The molecule has 0 saturated carbocycles. The second-order valence-corrected chi connectivity index (χ2v) is 7.17. The summed E-state index contributed by atoms with van der Waals surface area (Å²) in [6.45, 7) is 2.64. The van der Waals surface area contributed by atoms with Crippen LogP contribution >= 0.6 is 0 Å². The van der Waals surface area contributed by atoms with Crippen molar-refractivity contribution in [3.05, 3.63) is 0 Å². The molecule has 0 amide bonds. The molecule has 1 fully saturated rings. The van der Waals surface area contributed by atoms with E-state index in [1.165, 1.54) is 22.8 Å². The maximum absolute atomic E-state index is 12.3. The van der Waals surface area contributed by atoms with Gasteiger partial charge in [0.1, 0.15) is 0 Å². The molecule has 0 spiro atoms. The van der Waals surface area contributed by atoms with E-state index in [2.05, 4.69) is 4.74 Å². The average molecular weight is 308 g/mol. The van der Waals surface area contributed by atoms with Crippen LogP contribution in [-0.4, -0.2) is 68.0 Å². The molecule has 1 heterocycles. The number of hydrogen-bond acceptors (Lipinski definition) is 5. The van der Waals surface area contributed by atoms with Crippen LogP contribution in [0, 0.1) is 5.92 Å². The molecule has 0 aromatic rings. The van der Waals surface area contributed by atoms with Gasteiger partial charge in [0.15, 0.2) is 0 Å². The smallest absolute Gasteiger partial charge is 0.306 e. The maximum Gasteiger partial charge on any atom is 0.306 e. The number of hydrogen-bond donors (Lipinski definition) is 1. The number of rotatable bonds is 6. The number of methoxy groups -OCH3 is 1. The van der Waals surface area contributed by atoms with Crippen molar-refractivity contribution in [1.29, 1.82) is 0 Å². The molecule has 1 aliphatic heterocycles. The molecule has 7 nitrogen and oxygen atoms in total. The highest BCUT2D eigenvalue weighted by Crippen LogP contribution is 2.23. The fourth-order valence-electron chi connectivity index (χ4n) is 2.25. The van der Waals surface area contributed by atoms with E-state index < -0.39 is 22.3 Å². The minimum absolute atomic E-state index is 0.0381. The number of esters is 1. The number of aliphatic hydroxyl groups is 1. The number of carbonyl (C=O) groups excluding carboxylic acids is 1. The summed E-state index contributed by atoms with van der Waals surface area (Å²) in [6.07, 6.45) is 0.941. The Hall–Kier alpha value is -0.700. The van der Waals surface area contributed by atoms with Crippen LogP contribution in [0.2, 0.25) is 0 Å². The fourth-order valence-corrected chi connectivity index (χ4v) is 3.64. The molecule has 0 aliphatic carbocycles. The Morgan fingerprint density at radius 1 is 1.45 bits per heavy atom. The SMILES string of the molecule is COC(=O)CCN(C)S(=O)(=O)N1CCC(C(C)O)CC1. The van der Waals surface area contributed by atoms with Gasteiger partial charge in [0, 0.05) is 26.7 Å². The maximum atomic E-state index is 12.3. The summed E-state index contributed by atoms with van der Waals surface area (Å²) in [5.74, 6) is -0.276. The van der Waals surface area contributed by atoms with Crippen LogP contribution in [0.15, 0.2) is 0 Å². The third kappa shape index (κ3) is 4.41.